The predicted octanol–water partition coefficient (Wildman–Crippen LogP) is 2.25. The first-order chi connectivity index (χ1) is 9.22. The number of hydrogen-bond donors (Lipinski definition) is 2. The fraction of sp³-hybridized carbons (Fsp3) is 0.667. The Labute approximate surface area is 116 Å². The molecule has 0 aromatic carbocycles. The standard InChI is InChI=1S/C15H26N4/c1-3-13-10-15(19(2)18-13)11-14(17-16)9-12-7-5-4-6-8-12/h7,10,14,17H,3-6,8-9,11,16H2,1-2H3. The van der Waals surface area contributed by atoms with Gasteiger partial charge < -0.3 is 0 Å². The van der Waals surface area contributed by atoms with Crippen LogP contribution < -0.4 is 11.3 Å². The molecule has 0 amide bonds. The van der Waals surface area contributed by atoms with Crippen molar-refractivity contribution in [3.05, 3.63) is 29.1 Å². The molecule has 0 bridgehead atoms. The SMILES string of the molecule is CCc1cc(CC(CC2=CCCCC2)NN)n(C)n1. The molecule has 0 saturated carbocycles. The first kappa shape index (κ1) is 14.3. The van der Waals surface area contributed by atoms with Gasteiger partial charge in [0, 0.05) is 25.2 Å². The van der Waals surface area contributed by atoms with E-state index in [0.29, 0.717) is 6.04 Å². The number of allylic oxidation sites excluding steroid dienone is 1. The van der Waals surface area contributed by atoms with Gasteiger partial charge in [0.05, 0.1) is 5.69 Å². The predicted molar refractivity (Wildman–Crippen MR) is 78.6 cm³/mol. The van der Waals surface area contributed by atoms with Gasteiger partial charge in [-0.3, -0.25) is 16.0 Å². The summed E-state index contributed by atoms with van der Waals surface area (Å²) in [6.07, 6.45) is 10.5. The van der Waals surface area contributed by atoms with E-state index in [9.17, 15) is 0 Å². The molecular weight excluding hydrogens is 236 g/mol. The van der Waals surface area contributed by atoms with Crippen molar-refractivity contribution in [2.75, 3.05) is 0 Å². The monoisotopic (exact) mass is 262 g/mol. The fourth-order valence-electron chi connectivity index (χ4n) is 2.78. The van der Waals surface area contributed by atoms with Crippen LogP contribution >= 0.6 is 0 Å². The summed E-state index contributed by atoms with van der Waals surface area (Å²) in [6.45, 7) is 2.14. The molecule has 4 heteroatoms. The number of nitrogens with two attached hydrogens (primary N) is 1. The Bertz CT molecular complexity index is 433. The third-order valence-corrected chi connectivity index (χ3v) is 3.97. The lowest BCUT2D eigenvalue weighted by Gasteiger charge is -2.20. The summed E-state index contributed by atoms with van der Waals surface area (Å²) in [5, 5.41) is 4.50. The van der Waals surface area contributed by atoms with Gasteiger partial charge in [0.1, 0.15) is 0 Å². The largest absolute Gasteiger partial charge is 0.272 e. The van der Waals surface area contributed by atoms with E-state index in [1.807, 2.05) is 11.7 Å². The molecule has 1 aromatic rings. The molecule has 1 heterocycles. The average Bonchev–Trinajstić information content (AvgIpc) is 2.80. The lowest BCUT2D eigenvalue weighted by Crippen LogP contribution is -2.37. The van der Waals surface area contributed by atoms with Crippen LogP contribution in [0.1, 0.15) is 50.4 Å². The summed E-state index contributed by atoms with van der Waals surface area (Å²) in [6, 6.07) is 2.50. The number of nitrogens with zero attached hydrogens (tertiary/aromatic N) is 2. The average molecular weight is 262 g/mol. The molecule has 1 aliphatic carbocycles. The molecule has 0 aliphatic heterocycles. The van der Waals surface area contributed by atoms with E-state index in [1.54, 1.807) is 5.57 Å². The van der Waals surface area contributed by atoms with Crippen molar-refractivity contribution in [3.8, 4) is 0 Å². The van der Waals surface area contributed by atoms with Crippen molar-refractivity contribution < 1.29 is 0 Å². The van der Waals surface area contributed by atoms with Crippen molar-refractivity contribution in [3.63, 3.8) is 0 Å². The van der Waals surface area contributed by atoms with Crippen LogP contribution in [0.3, 0.4) is 0 Å². The molecule has 1 atom stereocenters. The van der Waals surface area contributed by atoms with Gasteiger partial charge >= 0.3 is 0 Å². The minimum Gasteiger partial charge on any atom is -0.272 e. The zero-order chi connectivity index (χ0) is 13.7. The molecule has 1 aliphatic rings. The van der Waals surface area contributed by atoms with Gasteiger partial charge in [-0.15, -0.1) is 0 Å². The molecule has 106 valence electrons. The Hall–Kier alpha value is -1.13. The van der Waals surface area contributed by atoms with E-state index in [1.165, 1.54) is 31.4 Å². The molecule has 3 N–H and O–H groups in total. The van der Waals surface area contributed by atoms with Gasteiger partial charge in [-0.1, -0.05) is 18.6 Å². The molecule has 0 saturated heterocycles. The third kappa shape index (κ3) is 3.91. The van der Waals surface area contributed by atoms with Crippen molar-refractivity contribution in [2.45, 2.75) is 57.9 Å². The third-order valence-electron chi connectivity index (χ3n) is 3.97. The maximum atomic E-state index is 5.72. The Kier molecular flexibility index (Phi) is 5.16. The lowest BCUT2D eigenvalue weighted by atomic mass is 9.93. The van der Waals surface area contributed by atoms with E-state index >= 15 is 0 Å². The van der Waals surface area contributed by atoms with Crippen LogP contribution in [0.15, 0.2) is 17.7 Å². The van der Waals surface area contributed by atoms with Gasteiger partial charge in [0.15, 0.2) is 0 Å². The highest BCUT2D eigenvalue weighted by atomic mass is 15.3. The van der Waals surface area contributed by atoms with Crippen LogP contribution in [0.5, 0.6) is 0 Å². The lowest BCUT2D eigenvalue weighted by molar-refractivity contribution is 0.490. The maximum Gasteiger partial charge on any atom is 0.0624 e. The zero-order valence-corrected chi connectivity index (χ0v) is 12.2. The molecule has 0 radical (unpaired) electrons. The van der Waals surface area contributed by atoms with E-state index in [2.05, 4.69) is 29.6 Å². The molecule has 1 aromatic heterocycles. The van der Waals surface area contributed by atoms with Crippen molar-refractivity contribution >= 4 is 0 Å². The Morgan fingerprint density at radius 3 is 2.84 bits per heavy atom. The minimum atomic E-state index is 0.310. The van der Waals surface area contributed by atoms with Crippen LogP contribution in [0.4, 0.5) is 0 Å². The summed E-state index contributed by atoms with van der Waals surface area (Å²) >= 11 is 0. The van der Waals surface area contributed by atoms with Crippen LogP contribution in [0, 0.1) is 0 Å². The van der Waals surface area contributed by atoms with E-state index in [0.717, 1.165) is 25.0 Å². The highest BCUT2D eigenvalue weighted by Gasteiger charge is 2.14. The van der Waals surface area contributed by atoms with Crippen LogP contribution in [0.2, 0.25) is 0 Å². The topological polar surface area (TPSA) is 55.9 Å². The smallest absolute Gasteiger partial charge is 0.0624 e. The fourth-order valence-corrected chi connectivity index (χ4v) is 2.78. The van der Waals surface area contributed by atoms with E-state index in [-0.39, 0.29) is 0 Å². The van der Waals surface area contributed by atoms with Crippen LogP contribution in [-0.2, 0) is 19.9 Å². The van der Waals surface area contributed by atoms with Gasteiger partial charge in [-0.25, -0.2) is 0 Å². The van der Waals surface area contributed by atoms with Gasteiger partial charge in [-0.2, -0.15) is 5.10 Å². The number of nitrogens with one attached hydrogen (secondary N) is 1. The van der Waals surface area contributed by atoms with Crippen molar-refractivity contribution in [1.82, 2.24) is 15.2 Å². The number of hydrazine groups is 1. The second-order valence-electron chi connectivity index (χ2n) is 5.48. The minimum absolute atomic E-state index is 0.310. The molecule has 4 nitrogen and oxygen atoms in total. The van der Waals surface area contributed by atoms with Gasteiger partial charge in [0.25, 0.3) is 0 Å². The highest BCUT2D eigenvalue weighted by Crippen LogP contribution is 2.22. The molecule has 1 unspecified atom stereocenters. The molecule has 2 rings (SSSR count). The van der Waals surface area contributed by atoms with Gasteiger partial charge in [0.2, 0.25) is 0 Å². The Morgan fingerprint density at radius 2 is 2.26 bits per heavy atom. The van der Waals surface area contributed by atoms with Crippen molar-refractivity contribution in [2.24, 2.45) is 12.9 Å². The Morgan fingerprint density at radius 1 is 1.42 bits per heavy atom. The van der Waals surface area contributed by atoms with Crippen molar-refractivity contribution in [1.29, 1.82) is 0 Å². The zero-order valence-electron chi connectivity index (χ0n) is 12.2. The molecule has 19 heavy (non-hydrogen) atoms. The first-order valence-electron chi connectivity index (χ1n) is 7.38. The summed E-state index contributed by atoms with van der Waals surface area (Å²) in [4.78, 5) is 0. The summed E-state index contributed by atoms with van der Waals surface area (Å²) in [5.41, 5.74) is 6.95. The number of aryl methyl sites for hydroxylation is 2. The molecular formula is C15H26N4. The number of aromatic nitrogens is 2. The number of hydrogen-bond acceptors (Lipinski definition) is 3. The van der Waals surface area contributed by atoms with E-state index in [4.69, 9.17) is 5.84 Å². The second kappa shape index (κ2) is 6.87. The van der Waals surface area contributed by atoms with E-state index < -0.39 is 0 Å². The van der Waals surface area contributed by atoms with Crippen LogP contribution in [-0.4, -0.2) is 15.8 Å². The second-order valence-corrected chi connectivity index (χ2v) is 5.48. The summed E-state index contributed by atoms with van der Waals surface area (Å²) < 4.78 is 1.98. The quantitative estimate of drug-likeness (QED) is 0.470. The Balaban J connectivity index is 1.97. The summed E-state index contributed by atoms with van der Waals surface area (Å²) in [5.74, 6) is 5.72. The first-order valence-corrected chi connectivity index (χ1v) is 7.38. The highest BCUT2D eigenvalue weighted by molar-refractivity contribution is 5.14. The molecule has 0 spiro atoms. The van der Waals surface area contributed by atoms with Gasteiger partial charge in [-0.05, 0) is 44.6 Å². The number of rotatable bonds is 6. The normalized spacial score (nSPS) is 17.3. The summed E-state index contributed by atoms with van der Waals surface area (Å²) in [7, 11) is 2.02. The maximum absolute atomic E-state index is 5.72. The van der Waals surface area contributed by atoms with Crippen LogP contribution in [0.25, 0.3) is 0 Å². The molecule has 0 fully saturated rings.